The van der Waals surface area contributed by atoms with Gasteiger partial charge in [0.25, 0.3) is 0 Å². The van der Waals surface area contributed by atoms with Crippen LogP contribution in [0.25, 0.3) is 0 Å². The van der Waals surface area contributed by atoms with Crippen molar-refractivity contribution in [3.63, 3.8) is 0 Å². The molecule has 3 rings (SSSR count). The Bertz CT molecular complexity index is 635. The van der Waals surface area contributed by atoms with Crippen LogP contribution >= 0.6 is 36.6 Å². The van der Waals surface area contributed by atoms with Crippen molar-refractivity contribution < 1.29 is 4.79 Å². The highest BCUT2D eigenvalue weighted by Gasteiger charge is 2.17. The van der Waals surface area contributed by atoms with E-state index in [1.807, 2.05) is 36.5 Å². The molecule has 7 heteroatoms. The molecule has 1 aromatic heterocycles. The maximum atomic E-state index is 12.0. The fraction of sp³-hybridized carbons (Fsp3) is 0.333. The molecule has 0 radical (unpaired) electrons. The summed E-state index contributed by atoms with van der Waals surface area (Å²) in [6.45, 7) is 1.03. The van der Waals surface area contributed by atoms with Crippen LogP contribution in [0.15, 0.2) is 53.7 Å². The number of carbonyl (C=O) groups is 1. The van der Waals surface area contributed by atoms with Gasteiger partial charge in [0.2, 0.25) is 5.91 Å². The Balaban J connectivity index is 0.00000156. The Labute approximate surface area is 165 Å². The number of nitrogens with zero attached hydrogens (tertiary/aromatic N) is 1. The molecule has 1 saturated heterocycles. The first-order chi connectivity index (χ1) is 11.3. The maximum absolute atomic E-state index is 12.0. The molecule has 0 aliphatic carbocycles. The van der Waals surface area contributed by atoms with Gasteiger partial charge in [-0.05, 0) is 55.3 Å². The van der Waals surface area contributed by atoms with E-state index in [4.69, 9.17) is 0 Å². The summed E-state index contributed by atoms with van der Waals surface area (Å²) in [5.41, 5.74) is 2.07. The summed E-state index contributed by atoms with van der Waals surface area (Å²) in [7, 11) is 0. The fourth-order valence-electron chi connectivity index (χ4n) is 2.65. The first kappa shape index (κ1) is 21.8. The lowest BCUT2D eigenvalue weighted by Crippen LogP contribution is -2.27. The smallest absolute Gasteiger partial charge is 0.225 e. The Morgan fingerprint density at radius 2 is 2.04 bits per heavy atom. The lowest BCUT2D eigenvalue weighted by atomic mass is 10.1. The maximum Gasteiger partial charge on any atom is 0.225 e. The average molecular weight is 400 g/mol. The monoisotopic (exact) mass is 399 g/mol. The van der Waals surface area contributed by atoms with Crippen molar-refractivity contribution in [2.45, 2.75) is 36.0 Å². The van der Waals surface area contributed by atoms with Gasteiger partial charge in [-0.25, -0.2) is 0 Å². The molecule has 1 amide bonds. The molecule has 1 aliphatic rings. The summed E-state index contributed by atoms with van der Waals surface area (Å²) in [5, 5.41) is 6.32. The van der Waals surface area contributed by atoms with E-state index in [1.54, 1.807) is 18.0 Å². The average Bonchev–Trinajstić information content (AvgIpc) is 3.08. The third kappa shape index (κ3) is 7.24. The molecule has 0 bridgehead atoms. The van der Waals surface area contributed by atoms with E-state index in [0.717, 1.165) is 24.4 Å². The standard InChI is InChI=1S/C18H21N3OS.2ClH/c22-18(11-16-4-2-10-20-16)21-15-5-7-17(8-6-15)23-13-14-3-1-9-19-12-14;;/h1,3,5-9,12,16,20H,2,4,10-11,13H2,(H,21,22);2*1H. The van der Waals surface area contributed by atoms with Crippen molar-refractivity contribution in [2.75, 3.05) is 11.9 Å². The lowest BCUT2D eigenvalue weighted by molar-refractivity contribution is -0.116. The minimum absolute atomic E-state index is 0. The first-order valence-corrected chi connectivity index (χ1v) is 8.93. The summed E-state index contributed by atoms with van der Waals surface area (Å²) in [6.07, 6.45) is 6.49. The van der Waals surface area contributed by atoms with E-state index in [0.29, 0.717) is 12.5 Å². The molecule has 1 atom stereocenters. The van der Waals surface area contributed by atoms with E-state index < -0.39 is 0 Å². The van der Waals surface area contributed by atoms with Crippen molar-refractivity contribution in [2.24, 2.45) is 0 Å². The van der Waals surface area contributed by atoms with E-state index in [9.17, 15) is 4.79 Å². The molecule has 1 aliphatic heterocycles. The predicted molar refractivity (Wildman–Crippen MR) is 109 cm³/mol. The number of benzene rings is 1. The lowest BCUT2D eigenvalue weighted by Gasteiger charge is -2.10. The molecule has 2 heterocycles. The summed E-state index contributed by atoms with van der Waals surface area (Å²) in [4.78, 5) is 17.3. The van der Waals surface area contributed by atoms with Crippen LogP contribution in [0, 0.1) is 0 Å². The van der Waals surface area contributed by atoms with Gasteiger partial charge in [-0.1, -0.05) is 6.07 Å². The van der Waals surface area contributed by atoms with E-state index in [1.165, 1.54) is 16.9 Å². The minimum Gasteiger partial charge on any atom is -0.326 e. The number of nitrogens with one attached hydrogen (secondary N) is 2. The number of hydrogen-bond acceptors (Lipinski definition) is 4. The van der Waals surface area contributed by atoms with Gasteiger partial charge in [-0.3, -0.25) is 9.78 Å². The summed E-state index contributed by atoms with van der Waals surface area (Å²) in [6, 6.07) is 12.4. The van der Waals surface area contributed by atoms with Crippen LogP contribution in [0.2, 0.25) is 0 Å². The molecular formula is C18H23Cl2N3OS. The van der Waals surface area contributed by atoms with E-state index in [-0.39, 0.29) is 30.7 Å². The highest BCUT2D eigenvalue weighted by Crippen LogP contribution is 2.24. The largest absolute Gasteiger partial charge is 0.326 e. The number of halogens is 2. The molecule has 4 nitrogen and oxygen atoms in total. The topological polar surface area (TPSA) is 54.0 Å². The molecule has 1 fully saturated rings. The Morgan fingerprint density at radius 3 is 2.68 bits per heavy atom. The predicted octanol–water partition coefficient (Wildman–Crippen LogP) is 4.30. The number of hydrogen-bond donors (Lipinski definition) is 2. The van der Waals surface area contributed by atoms with Crippen molar-refractivity contribution in [3.05, 3.63) is 54.4 Å². The highest BCUT2D eigenvalue weighted by molar-refractivity contribution is 7.98. The number of pyridine rings is 1. The van der Waals surface area contributed by atoms with Crippen molar-refractivity contribution in [1.29, 1.82) is 0 Å². The Kier molecular flexibility index (Phi) is 9.90. The molecule has 2 aromatic rings. The second-order valence-electron chi connectivity index (χ2n) is 5.72. The van der Waals surface area contributed by atoms with Crippen LogP contribution < -0.4 is 10.6 Å². The number of carbonyl (C=O) groups excluding carboxylic acids is 1. The normalized spacial score (nSPS) is 15.8. The van der Waals surface area contributed by atoms with Gasteiger partial charge >= 0.3 is 0 Å². The number of aromatic nitrogens is 1. The zero-order valence-electron chi connectivity index (χ0n) is 13.8. The van der Waals surface area contributed by atoms with Crippen LogP contribution in [0.4, 0.5) is 5.69 Å². The van der Waals surface area contributed by atoms with Crippen LogP contribution in [0.1, 0.15) is 24.8 Å². The van der Waals surface area contributed by atoms with E-state index >= 15 is 0 Å². The van der Waals surface area contributed by atoms with Gasteiger partial charge in [0.1, 0.15) is 0 Å². The molecular weight excluding hydrogens is 377 g/mol. The van der Waals surface area contributed by atoms with Crippen LogP contribution in [-0.2, 0) is 10.5 Å². The quantitative estimate of drug-likeness (QED) is 0.710. The van der Waals surface area contributed by atoms with Crippen LogP contribution in [0.3, 0.4) is 0 Å². The van der Waals surface area contributed by atoms with Crippen molar-refractivity contribution in [3.8, 4) is 0 Å². The zero-order chi connectivity index (χ0) is 15.9. The number of amides is 1. The third-order valence-electron chi connectivity index (χ3n) is 3.86. The zero-order valence-corrected chi connectivity index (χ0v) is 16.3. The van der Waals surface area contributed by atoms with Gasteiger partial charge in [0.05, 0.1) is 0 Å². The Hall–Kier alpha value is -1.27. The molecule has 2 N–H and O–H groups in total. The Morgan fingerprint density at radius 1 is 1.24 bits per heavy atom. The third-order valence-corrected chi connectivity index (χ3v) is 4.94. The molecule has 1 aromatic carbocycles. The SMILES string of the molecule is Cl.Cl.O=C(CC1CCCN1)Nc1ccc(SCc2cccnc2)cc1. The minimum atomic E-state index is 0. The van der Waals surface area contributed by atoms with Crippen molar-refractivity contribution >= 4 is 48.2 Å². The van der Waals surface area contributed by atoms with Gasteiger partial charge in [0, 0.05) is 41.2 Å². The molecule has 0 saturated carbocycles. The van der Waals surface area contributed by atoms with Crippen LogP contribution in [-0.4, -0.2) is 23.5 Å². The van der Waals surface area contributed by atoms with Gasteiger partial charge < -0.3 is 10.6 Å². The molecule has 25 heavy (non-hydrogen) atoms. The van der Waals surface area contributed by atoms with Gasteiger partial charge in [-0.15, -0.1) is 36.6 Å². The molecule has 1 unspecified atom stereocenters. The second-order valence-corrected chi connectivity index (χ2v) is 6.77. The van der Waals surface area contributed by atoms with Gasteiger partial charge in [0.15, 0.2) is 0 Å². The first-order valence-electron chi connectivity index (χ1n) is 7.94. The summed E-state index contributed by atoms with van der Waals surface area (Å²) in [5.74, 6) is 0.979. The summed E-state index contributed by atoms with van der Waals surface area (Å²) < 4.78 is 0. The highest BCUT2D eigenvalue weighted by atomic mass is 35.5. The van der Waals surface area contributed by atoms with Gasteiger partial charge in [-0.2, -0.15) is 0 Å². The second kappa shape index (κ2) is 11.4. The fourth-order valence-corrected chi connectivity index (χ4v) is 3.48. The molecule has 0 spiro atoms. The number of anilines is 1. The summed E-state index contributed by atoms with van der Waals surface area (Å²) >= 11 is 1.76. The molecule has 136 valence electrons. The van der Waals surface area contributed by atoms with Crippen molar-refractivity contribution in [1.82, 2.24) is 10.3 Å². The number of thioether (sulfide) groups is 1. The van der Waals surface area contributed by atoms with E-state index in [2.05, 4.69) is 21.7 Å². The van der Waals surface area contributed by atoms with Crippen LogP contribution in [0.5, 0.6) is 0 Å². The number of rotatable bonds is 6.